The topological polar surface area (TPSA) is 125 Å². The highest BCUT2D eigenvalue weighted by molar-refractivity contribution is 6.53. The molecular weight excluding hydrogens is 474 g/mol. The molecule has 0 aromatic heterocycles. The molecule has 1 heterocycles. The van der Waals surface area contributed by atoms with E-state index in [1.165, 1.54) is 49.6 Å². The van der Waals surface area contributed by atoms with E-state index in [-0.39, 0.29) is 33.3 Å². The summed E-state index contributed by atoms with van der Waals surface area (Å²) in [7, 11) is 1.25. The molecule has 0 saturated heterocycles. The minimum Gasteiger partial charge on any atom is -0.508 e. The molecule has 0 aliphatic carbocycles. The van der Waals surface area contributed by atoms with Crippen molar-refractivity contribution in [3.05, 3.63) is 94.7 Å². The summed E-state index contributed by atoms with van der Waals surface area (Å²) < 4.78 is 4.64. The van der Waals surface area contributed by atoms with Crippen molar-refractivity contribution in [2.75, 3.05) is 22.6 Å². The van der Waals surface area contributed by atoms with Gasteiger partial charge in [0, 0.05) is 23.0 Å². The van der Waals surface area contributed by atoms with Crippen molar-refractivity contribution in [1.82, 2.24) is 0 Å². The molecule has 4 rings (SSSR count). The van der Waals surface area contributed by atoms with Gasteiger partial charge in [-0.25, -0.2) is 9.69 Å². The monoisotopic (exact) mass is 491 g/mol. The largest absolute Gasteiger partial charge is 0.508 e. The highest BCUT2D eigenvalue weighted by Crippen LogP contribution is 2.30. The molecule has 176 valence electrons. The molecule has 3 aromatic rings. The maximum atomic E-state index is 13.0. The van der Waals surface area contributed by atoms with Crippen LogP contribution in [0.3, 0.4) is 0 Å². The number of phenolic OH excluding ortho intramolecular Hbond substituents is 1. The van der Waals surface area contributed by atoms with E-state index in [0.29, 0.717) is 11.4 Å². The lowest BCUT2D eigenvalue weighted by atomic mass is 10.1. The summed E-state index contributed by atoms with van der Waals surface area (Å²) in [6.45, 7) is 0. The molecule has 0 spiro atoms. The summed E-state index contributed by atoms with van der Waals surface area (Å²) in [6, 6.07) is 18.1. The van der Waals surface area contributed by atoms with E-state index in [1.807, 2.05) is 0 Å². The number of ether oxygens (including phenoxy) is 1. The van der Waals surface area contributed by atoms with Gasteiger partial charge in [0.25, 0.3) is 17.7 Å². The molecule has 3 amide bonds. The van der Waals surface area contributed by atoms with Crippen molar-refractivity contribution < 1.29 is 29.0 Å². The summed E-state index contributed by atoms with van der Waals surface area (Å²) in [6.07, 6.45) is 0. The van der Waals surface area contributed by atoms with Gasteiger partial charge in [0.2, 0.25) is 0 Å². The minimum atomic E-state index is -0.734. The zero-order chi connectivity index (χ0) is 25.1. The Labute approximate surface area is 204 Å². The molecule has 1 aliphatic rings. The number of imide groups is 1. The number of hydrogen-bond acceptors (Lipinski definition) is 7. The molecule has 0 bridgehead atoms. The summed E-state index contributed by atoms with van der Waals surface area (Å²) in [5.41, 5.74) is 1.35. The number of carbonyl (C=O) groups excluding carboxylic acids is 4. The van der Waals surface area contributed by atoms with Crippen LogP contribution in [0.1, 0.15) is 20.7 Å². The first-order chi connectivity index (χ1) is 16.8. The standard InChI is InChI=1S/C25H18ClN3O6/c1-35-25(34)14-8-10-18(11-9-14)29-23(32)20(26)21(24(29)33)27-16-5-2-4-15(12-16)22(31)28-17-6-3-7-19(30)13-17/h2-13,27,30H,1H3,(H,28,31). The predicted molar refractivity (Wildman–Crippen MR) is 129 cm³/mol. The van der Waals surface area contributed by atoms with E-state index >= 15 is 0 Å². The fourth-order valence-corrected chi connectivity index (χ4v) is 3.59. The average molecular weight is 492 g/mol. The van der Waals surface area contributed by atoms with Crippen LogP contribution < -0.4 is 15.5 Å². The number of hydrogen-bond donors (Lipinski definition) is 3. The summed E-state index contributed by atoms with van der Waals surface area (Å²) in [5.74, 6) is -2.42. The quantitative estimate of drug-likeness (QED) is 0.353. The average Bonchev–Trinajstić information content (AvgIpc) is 3.07. The van der Waals surface area contributed by atoms with Gasteiger partial charge in [-0.3, -0.25) is 14.4 Å². The maximum Gasteiger partial charge on any atom is 0.337 e. The molecule has 3 aromatic carbocycles. The molecule has 9 nitrogen and oxygen atoms in total. The smallest absolute Gasteiger partial charge is 0.337 e. The van der Waals surface area contributed by atoms with Crippen molar-refractivity contribution in [2.24, 2.45) is 0 Å². The Balaban J connectivity index is 1.52. The number of nitrogens with zero attached hydrogens (tertiary/aromatic N) is 1. The Morgan fingerprint density at radius 3 is 2.26 bits per heavy atom. The van der Waals surface area contributed by atoms with Crippen LogP contribution in [0.4, 0.5) is 17.1 Å². The van der Waals surface area contributed by atoms with Gasteiger partial charge in [0.05, 0.1) is 18.4 Å². The molecule has 0 atom stereocenters. The second kappa shape index (κ2) is 9.70. The number of carbonyl (C=O) groups is 4. The number of esters is 1. The van der Waals surface area contributed by atoms with Crippen LogP contribution in [0.25, 0.3) is 0 Å². The molecule has 10 heteroatoms. The molecule has 3 N–H and O–H groups in total. The minimum absolute atomic E-state index is 0.00806. The number of aromatic hydroxyl groups is 1. The van der Waals surface area contributed by atoms with E-state index in [0.717, 1.165) is 4.90 Å². The van der Waals surface area contributed by atoms with Crippen molar-refractivity contribution >= 4 is 52.4 Å². The van der Waals surface area contributed by atoms with E-state index in [4.69, 9.17) is 11.6 Å². The van der Waals surface area contributed by atoms with Gasteiger partial charge in [0.1, 0.15) is 16.5 Å². The van der Waals surface area contributed by atoms with Crippen molar-refractivity contribution in [3.63, 3.8) is 0 Å². The lowest BCUT2D eigenvalue weighted by Gasteiger charge is -2.15. The highest BCUT2D eigenvalue weighted by atomic mass is 35.5. The van der Waals surface area contributed by atoms with Gasteiger partial charge in [-0.2, -0.15) is 0 Å². The summed E-state index contributed by atoms with van der Waals surface area (Å²) in [5, 5.41) is 14.7. The number of amides is 3. The van der Waals surface area contributed by atoms with Crippen LogP contribution in [-0.4, -0.2) is 35.9 Å². The fourth-order valence-electron chi connectivity index (χ4n) is 3.38. The number of anilines is 3. The lowest BCUT2D eigenvalue weighted by molar-refractivity contribution is -0.120. The maximum absolute atomic E-state index is 13.0. The number of halogens is 1. The first kappa shape index (κ1) is 23.5. The second-order valence-corrected chi connectivity index (χ2v) is 7.76. The van der Waals surface area contributed by atoms with Crippen molar-refractivity contribution in [2.45, 2.75) is 0 Å². The molecule has 0 fully saturated rings. The van der Waals surface area contributed by atoms with Gasteiger partial charge in [-0.1, -0.05) is 23.7 Å². The summed E-state index contributed by atoms with van der Waals surface area (Å²) >= 11 is 6.17. The van der Waals surface area contributed by atoms with Gasteiger partial charge < -0.3 is 20.5 Å². The number of benzene rings is 3. The zero-order valence-corrected chi connectivity index (χ0v) is 19.0. The van der Waals surface area contributed by atoms with E-state index in [1.54, 1.807) is 30.3 Å². The Kier molecular flexibility index (Phi) is 6.52. The molecule has 0 saturated carbocycles. The van der Waals surface area contributed by atoms with Gasteiger partial charge >= 0.3 is 5.97 Å². The molecule has 0 unspecified atom stereocenters. The van der Waals surface area contributed by atoms with Crippen molar-refractivity contribution in [1.29, 1.82) is 0 Å². The van der Waals surface area contributed by atoms with Gasteiger partial charge in [-0.05, 0) is 54.6 Å². The summed E-state index contributed by atoms with van der Waals surface area (Å²) in [4.78, 5) is 50.8. The Bertz CT molecular complexity index is 1380. The number of nitrogens with one attached hydrogen (secondary N) is 2. The third-order valence-electron chi connectivity index (χ3n) is 5.07. The molecular formula is C25H18ClN3O6. The normalized spacial score (nSPS) is 13.1. The zero-order valence-electron chi connectivity index (χ0n) is 18.2. The number of rotatable bonds is 6. The van der Waals surface area contributed by atoms with Gasteiger partial charge in [0.15, 0.2) is 0 Å². The van der Waals surface area contributed by atoms with Crippen LogP contribution in [0.2, 0.25) is 0 Å². The van der Waals surface area contributed by atoms with Crippen LogP contribution in [0, 0.1) is 0 Å². The van der Waals surface area contributed by atoms with Crippen molar-refractivity contribution in [3.8, 4) is 5.75 Å². The predicted octanol–water partition coefficient (Wildman–Crippen LogP) is 3.87. The fraction of sp³-hybridized carbons (Fsp3) is 0.0400. The Hall–Kier alpha value is -4.63. The van der Waals surface area contributed by atoms with Crippen LogP contribution in [-0.2, 0) is 14.3 Å². The molecule has 0 radical (unpaired) electrons. The van der Waals surface area contributed by atoms with Crippen LogP contribution in [0.15, 0.2) is 83.5 Å². The number of methoxy groups -OCH3 is 1. The SMILES string of the molecule is COC(=O)c1ccc(N2C(=O)C(Cl)=C(Nc3cccc(C(=O)Nc4cccc(O)c4)c3)C2=O)cc1. The lowest BCUT2D eigenvalue weighted by Crippen LogP contribution is -2.32. The first-order valence-corrected chi connectivity index (χ1v) is 10.6. The van der Waals surface area contributed by atoms with Crippen LogP contribution >= 0.6 is 11.6 Å². The molecule has 35 heavy (non-hydrogen) atoms. The highest BCUT2D eigenvalue weighted by Gasteiger charge is 2.39. The Morgan fingerprint density at radius 2 is 1.57 bits per heavy atom. The number of phenols is 1. The van der Waals surface area contributed by atoms with E-state index < -0.39 is 23.7 Å². The van der Waals surface area contributed by atoms with Gasteiger partial charge in [-0.15, -0.1) is 0 Å². The van der Waals surface area contributed by atoms with E-state index in [2.05, 4.69) is 15.4 Å². The third-order valence-corrected chi connectivity index (χ3v) is 5.42. The third kappa shape index (κ3) is 4.85. The second-order valence-electron chi connectivity index (χ2n) is 7.38. The Morgan fingerprint density at radius 1 is 0.886 bits per heavy atom. The molecule has 1 aliphatic heterocycles. The first-order valence-electron chi connectivity index (χ1n) is 10.2. The van der Waals surface area contributed by atoms with Crippen LogP contribution in [0.5, 0.6) is 5.75 Å². The van der Waals surface area contributed by atoms with E-state index in [9.17, 15) is 24.3 Å².